The lowest BCUT2D eigenvalue weighted by molar-refractivity contribution is 0.767. The standard InChI is InChI=1S/C3H6N2/c1-3-2-4-5-3/h4H,2H2,1H3. The van der Waals surface area contributed by atoms with Crippen LogP contribution in [0.1, 0.15) is 6.92 Å². The predicted molar refractivity (Wildman–Crippen MR) is 21.1 cm³/mol. The normalized spacial score (nSPS) is 19.0. The zero-order chi connectivity index (χ0) is 3.70. The first-order valence-corrected chi connectivity index (χ1v) is 1.65. The number of rotatable bonds is 0. The van der Waals surface area contributed by atoms with Crippen LogP contribution in [0.2, 0.25) is 0 Å². The summed E-state index contributed by atoms with van der Waals surface area (Å²) < 4.78 is 0. The Hall–Kier alpha value is -0.530. The van der Waals surface area contributed by atoms with Gasteiger partial charge in [0.05, 0.1) is 12.3 Å². The van der Waals surface area contributed by atoms with Gasteiger partial charge in [0, 0.05) is 0 Å². The fourth-order valence-corrected chi connectivity index (χ4v) is 0.237. The summed E-state index contributed by atoms with van der Waals surface area (Å²) >= 11 is 0. The molecule has 5 heavy (non-hydrogen) atoms. The van der Waals surface area contributed by atoms with Gasteiger partial charge in [0.2, 0.25) is 0 Å². The molecule has 2 heteroatoms. The average molecular weight is 70.1 g/mol. The Labute approximate surface area is 30.9 Å². The maximum Gasteiger partial charge on any atom is 0.0727 e. The summed E-state index contributed by atoms with van der Waals surface area (Å²) in [6.07, 6.45) is 0. The van der Waals surface area contributed by atoms with E-state index in [0.717, 1.165) is 6.54 Å². The topological polar surface area (TPSA) is 24.4 Å². The average Bonchev–Trinajstić information content (AvgIpc) is 1.30. The first-order valence-electron chi connectivity index (χ1n) is 1.65. The van der Waals surface area contributed by atoms with Crippen molar-refractivity contribution in [3.8, 4) is 0 Å². The van der Waals surface area contributed by atoms with E-state index in [1.807, 2.05) is 6.92 Å². The van der Waals surface area contributed by atoms with Crippen molar-refractivity contribution in [1.29, 1.82) is 0 Å². The Balaban J connectivity index is 2.51. The molecule has 2 nitrogen and oxygen atoms in total. The van der Waals surface area contributed by atoms with E-state index in [9.17, 15) is 0 Å². The SMILES string of the molecule is CC1=NNC1. The van der Waals surface area contributed by atoms with E-state index in [4.69, 9.17) is 0 Å². The van der Waals surface area contributed by atoms with Crippen molar-refractivity contribution < 1.29 is 0 Å². The van der Waals surface area contributed by atoms with Gasteiger partial charge >= 0.3 is 0 Å². The van der Waals surface area contributed by atoms with Crippen molar-refractivity contribution in [1.82, 2.24) is 5.43 Å². The van der Waals surface area contributed by atoms with Crippen LogP contribution in [0, 0.1) is 0 Å². The van der Waals surface area contributed by atoms with Crippen molar-refractivity contribution in [2.24, 2.45) is 5.10 Å². The quantitative estimate of drug-likeness (QED) is 0.425. The third-order valence-corrected chi connectivity index (χ3v) is 0.605. The van der Waals surface area contributed by atoms with Gasteiger partial charge in [-0.15, -0.1) is 0 Å². The lowest BCUT2D eigenvalue weighted by Gasteiger charge is -2.07. The van der Waals surface area contributed by atoms with E-state index in [2.05, 4.69) is 10.5 Å². The lowest BCUT2D eigenvalue weighted by atomic mass is 10.4. The van der Waals surface area contributed by atoms with Gasteiger partial charge in [-0.3, -0.25) is 0 Å². The third-order valence-electron chi connectivity index (χ3n) is 0.605. The van der Waals surface area contributed by atoms with Gasteiger partial charge in [-0.2, -0.15) is 5.10 Å². The first-order chi connectivity index (χ1) is 2.39. The van der Waals surface area contributed by atoms with Crippen LogP contribution in [0.15, 0.2) is 5.10 Å². The number of nitrogens with one attached hydrogen (secondary N) is 1. The van der Waals surface area contributed by atoms with E-state index in [1.165, 1.54) is 5.71 Å². The highest BCUT2D eigenvalue weighted by Gasteiger charge is 1.94. The van der Waals surface area contributed by atoms with E-state index < -0.39 is 0 Å². The Morgan fingerprint density at radius 1 is 2.00 bits per heavy atom. The van der Waals surface area contributed by atoms with E-state index in [-0.39, 0.29) is 0 Å². The van der Waals surface area contributed by atoms with Gasteiger partial charge in [-0.05, 0) is 6.92 Å². The molecule has 0 atom stereocenters. The number of nitrogens with zero attached hydrogens (tertiary/aromatic N) is 1. The molecular weight excluding hydrogens is 64.0 g/mol. The molecule has 1 heterocycles. The summed E-state index contributed by atoms with van der Waals surface area (Å²) in [4.78, 5) is 0. The van der Waals surface area contributed by atoms with Gasteiger partial charge in [0.15, 0.2) is 0 Å². The molecular formula is C3H6N2. The maximum absolute atomic E-state index is 3.74. The van der Waals surface area contributed by atoms with Gasteiger partial charge in [0.25, 0.3) is 0 Å². The summed E-state index contributed by atoms with van der Waals surface area (Å²) in [7, 11) is 0. The van der Waals surface area contributed by atoms with Crippen LogP contribution in [0.5, 0.6) is 0 Å². The highest BCUT2D eigenvalue weighted by atomic mass is 15.3. The van der Waals surface area contributed by atoms with Gasteiger partial charge in [-0.25, -0.2) is 0 Å². The molecule has 0 unspecified atom stereocenters. The second kappa shape index (κ2) is 0.708. The van der Waals surface area contributed by atoms with Crippen molar-refractivity contribution in [2.75, 3.05) is 6.54 Å². The van der Waals surface area contributed by atoms with Gasteiger partial charge in [-0.1, -0.05) is 0 Å². The van der Waals surface area contributed by atoms with Crippen molar-refractivity contribution in [3.05, 3.63) is 0 Å². The minimum absolute atomic E-state index is 0.986. The first kappa shape index (κ1) is 2.69. The molecule has 1 aliphatic rings. The fraction of sp³-hybridized carbons (Fsp3) is 0.667. The van der Waals surface area contributed by atoms with Gasteiger partial charge < -0.3 is 5.43 Å². The Morgan fingerprint density at radius 2 is 2.40 bits per heavy atom. The smallest absolute Gasteiger partial charge is 0.0727 e. The summed E-state index contributed by atoms with van der Waals surface area (Å²) in [6, 6.07) is 0. The summed E-state index contributed by atoms with van der Waals surface area (Å²) in [5.74, 6) is 0. The second-order valence-electron chi connectivity index (χ2n) is 1.18. The maximum atomic E-state index is 3.74. The lowest BCUT2D eigenvalue weighted by Crippen LogP contribution is -2.27. The highest BCUT2D eigenvalue weighted by molar-refractivity contribution is 5.86. The molecule has 28 valence electrons. The van der Waals surface area contributed by atoms with Crippen LogP contribution >= 0.6 is 0 Å². The van der Waals surface area contributed by atoms with Crippen LogP contribution in [-0.4, -0.2) is 12.3 Å². The zero-order valence-electron chi connectivity index (χ0n) is 3.15. The van der Waals surface area contributed by atoms with E-state index in [0.29, 0.717) is 0 Å². The summed E-state index contributed by atoms with van der Waals surface area (Å²) in [6.45, 7) is 2.98. The second-order valence-corrected chi connectivity index (χ2v) is 1.18. The molecule has 0 spiro atoms. The minimum Gasteiger partial charge on any atom is -0.304 e. The van der Waals surface area contributed by atoms with Crippen LogP contribution in [0.4, 0.5) is 0 Å². The van der Waals surface area contributed by atoms with Crippen LogP contribution in [0.3, 0.4) is 0 Å². The number of hydrogen-bond acceptors (Lipinski definition) is 2. The monoisotopic (exact) mass is 70.1 g/mol. The summed E-state index contributed by atoms with van der Waals surface area (Å²) in [5.41, 5.74) is 3.95. The predicted octanol–water partition coefficient (Wildman–Crippen LogP) is -0.0345. The molecule has 1 N–H and O–H groups in total. The molecule has 1 aliphatic heterocycles. The van der Waals surface area contributed by atoms with Crippen molar-refractivity contribution in [3.63, 3.8) is 0 Å². The van der Waals surface area contributed by atoms with E-state index >= 15 is 0 Å². The largest absolute Gasteiger partial charge is 0.304 e. The highest BCUT2D eigenvalue weighted by Crippen LogP contribution is 1.79. The Morgan fingerprint density at radius 3 is 2.40 bits per heavy atom. The van der Waals surface area contributed by atoms with Crippen molar-refractivity contribution in [2.45, 2.75) is 6.92 Å². The van der Waals surface area contributed by atoms with Crippen LogP contribution in [0.25, 0.3) is 0 Å². The number of hydrogen-bond donors (Lipinski definition) is 1. The molecule has 0 bridgehead atoms. The molecule has 0 saturated heterocycles. The molecule has 0 amide bonds. The molecule has 0 fully saturated rings. The molecule has 0 aromatic rings. The Bertz CT molecular complexity index is 65.3. The summed E-state index contributed by atoms with van der Waals surface area (Å²) in [5, 5.41) is 3.74. The Kier molecular flexibility index (Phi) is 0.381. The molecule has 0 aliphatic carbocycles. The zero-order valence-corrected chi connectivity index (χ0v) is 3.15. The van der Waals surface area contributed by atoms with Crippen molar-refractivity contribution >= 4 is 5.71 Å². The molecule has 1 rings (SSSR count). The van der Waals surface area contributed by atoms with Crippen LogP contribution in [-0.2, 0) is 0 Å². The van der Waals surface area contributed by atoms with Crippen LogP contribution < -0.4 is 5.43 Å². The fourth-order valence-electron chi connectivity index (χ4n) is 0.237. The molecule has 0 radical (unpaired) electrons. The minimum atomic E-state index is 0.986. The van der Waals surface area contributed by atoms with E-state index in [1.54, 1.807) is 0 Å². The molecule has 0 aromatic carbocycles. The van der Waals surface area contributed by atoms with Gasteiger partial charge in [0.1, 0.15) is 0 Å². The molecule has 0 saturated carbocycles. The third kappa shape index (κ3) is 0.251. The number of hydrazone groups is 1. The molecule has 0 aromatic heterocycles.